The molecule has 2 bridgehead atoms. The molecule has 3 aliphatic heterocycles. The van der Waals surface area contributed by atoms with E-state index in [0.29, 0.717) is 3.63 Å². The normalized spacial score (nSPS) is 22.7. The molecule has 0 fully saturated rings. The number of halogens is 2. The number of fused-ring (bicyclic) bond motifs is 1. The van der Waals surface area contributed by atoms with Crippen molar-refractivity contribution in [3.05, 3.63) is 74.8 Å². The van der Waals surface area contributed by atoms with Gasteiger partial charge in [0.1, 0.15) is 8.07 Å². The summed E-state index contributed by atoms with van der Waals surface area (Å²) < 4.78 is 0.711. The van der Waals surface area contributed by atoms with Gasteiger partial charge in [0.2, 0.25) is 0 Å². The van der Waals surface area contributed by atoms with Gasteiger partial charge in [-0.3, -0.25) is 4.99 Å². The Morgan fingerprint density at radius 1 is 1.04 bits per heavy atom. The van der Waals surface area contributed by atoms with Crippen LogP contribution in [0.15, 0.2) is 68.6 Å². The molecule has 0 spiro atoms. The second kappa shape index (κ2) is 7.27. The summed E-state index contributed by atoms with van der Waals surface area (Å²) in [6.07, 6.45) is 6.75. The standard InChI is InChI=1S/C11H13NSi.C9H7.2ClH.Zr/c1-6-5-8-9(12-6)11-7(2)10(8)13(11,3)4;1-2-5-9-7-3-6-8(9)4-1;;;/h5H,1-4H3;1-7H;2*1H;/q;;;;+2/p-2. The molecule has 2 aliphatic carbocycles. The molecule has 1 unspecified atom stereocenters. The third kappa shape index (κ3) is 3.08. The Bertz CT molecular complexity index is 891. The molecule has 1 aromatic rings. The van der Waals surface area contributed by atoms with E-state index in [2.05, 4.69) is 74.4 Å². The predicted octanol–water partition coefficient (Wildman–Crippen LogP) is -0.919. The van der Waals surface area contributed by atoms with Crippen LogP contribution in [0.3, 0.4) is 0 Å². The fourth-order valence-corrected chi connectivity index (χ4v) is 9.03. The molecular formula is C20H20Cl2NSiZr. The molecule has 25 heavy (non-hydrogen) atoms. The van der Waals surface area contributed by atoms with E-state index in [1.54, 1.807) is 35.1 Å². The van der Waals surface area contributed by atoms with Crippen LogP contribution < -0.4 is 24.8 Å². The minimum atomic E-state index is -1.15. The number of nitrogens with zero attached hydrogens (tertiary/aromatic N) is 1. The van der Waals surface area contributed by atoms with Crippen LogP contribution in [0.5, 0.6) is 0 Å². The van der Waals surface area contributed by atoms with Crippen molar-refractivity contribution in [1.29, 1.82) is 0 Å². The molecule has 0 N–H and O–H groups in total. The van der Waals surface area contributed by atoms with Crippen LogP contribution in [0.4, 0.5) is 0 Å². The predicted molar refractivity (Wildman–Crippen MR) is 96.6 cm³/mol. The van der Waals surface area contributed by atoms with Crippen LogP contribution in [-0.2, 0) is 24.7 Å². The van der Waals surface area contributed by atoms with Gasteiger partial charge in [0.05, 0.1) is 5.70 Å². The van der Waals surface area contributed by atoms with E-state index in [0.717, 1.165) is 0 Å². The molecule has 1 nitrogen and oxygen atoms in total. The van der Waals surface area contributed by atoms with Crippen LogP contribution in [0.1, 0.15) is 28.6 Å². The van der Waals surface area contributed by atoms with Crippen molar-refractivity contribution >= 4 is 19.9 Å². The van der Waals surface area contributed by atoms with E-state index in [9.17, 15) is 0 Å². The Morgan fingerprint density at radius 2 is 1.72 bits per heavy atom. The molecule has 1 atom stereocenters. The topological polar surface area (TPSA) is 12.4 Å². The van der Waals surface area contributed by atoms with Crippen LogP contribution in [-0.4, -0.2) is 13.8 Å². The third-order valence-corrected chi connectivity index (χ3v) is 10.2. The van der Waals surface area contributed by atoms with Crippen molar-refractivity contribution in [3.63, 3.8) is 0 Å². The van der Waals surface area contributed by atoms with Crippen molar-refractivity contribution in [2.45, 2.75) is 30.6 Å². The summed E-state index contributed by atoms with van der Waals surface area (Å²) in [4.78, 5) is 4.62. The summed E-state index contributed by atoms with van der Waals surface area (Å²) in [5.41, 5.74) is 8.40. The van der Waals surface area contributed by atoms with E-state index in [4.69, 9.17) is 0 Å². The number of rotatable bonds is 0. The summed E-state index contributed by atoms with van der Waals surface area (Å²) in [7, 11) is -1.15. The van der Waals surface area contributed by atoms with Gasteiger partial charge in [0.15, 0.2) is 0 Å². The first-order chi connectivity index (χ1) is 10.9. The van der Waals surface area contributed by atoms with E-state index in [1.807, 2.05) is 0 Å². The second-order valence-corrected chi connectivity index (χ2v) is 12.9. The Kier molecular flexibility index (Phi) is 6.06. The molecular weight excluding hydrogens is 444 g/mol. The number of hydrogen-bond acceptors (Lipinski definition) is 1. The summed E-state index contributed by atoms with van der Waals surface area (Å²) in [5, 5.41) is 3.28. The van der Waals surface area contributed by atoms with Crippen molar-refractivity contribution in [3.8, 4) is 0 Å². The van der Waals surface area contributed by atoms with E-state index >= 15 is 0 Å². The maximum atomic E-state index is 4.62. The van der Waals surface area contributed by atoms with Gasteiger partial charge >= 0.3 is 75.9 Å². The first-order valence-corrected chi connectivity index (χ1v) is 12.6. The van der Waals surface area contributed by atoms with Crippen molar-refractivity contribution in [2.75, 3.05) is 0 Å². The fraction of sp³-hybridized carbons (Fsp3) is 0.250. The molecule has 6 rings (SSSR count). The van der Waals surface area contributed by atoms with E-state index in [-0.39, 0.29) is 24.8 Å². The average Bonchev–Trinajstić information content (AvgIpc) is 3.16. The van der Waals surface area contributed by atoms with Gasteiger partial charge in [0, 0.05) is 11.3 Å². The fourth-order valence-electron chi connectivity index (χ4n) is 4.31. The molecule has 0 aromatic heterocycles. The van der Waals surface area contributed by atoms with Gasteiger partial charge < -0.3 is 24.8 Å². The number of aliphatic imine (C=N–C) groups is 1. The SMILES string of the molecule is CC1=NC2=C3C(C)=C(C2=C1)[Si]3(C)C.[Cl-].[Cl-].[Zr+2][CH]1C=Cc2ccccc21. The first-order valence-electron chi connectivity index (χ1n) is 8.13. The number of hydrogen-bond donors (Lipinski definition) is 0. The zero-order valence-corrected chi connectivity index (χ0v) is 19.8. The van der Waals surface area contributed by atoms with Crippen molar-refractivity contribution < 1.29 is 49.5 Å². The monoisotopic (exact) mass is 462 g/mol. The van der Waals surface area contributed by atoms with Crippen molar-refractivity contribution in [2.24, 2.45) is 4.99 Å². The van der Waals surface area contributed by atoms with Crippen LogP contribution >= 0.6 is 0 Å². The molecule has 0 radical (unpaired) electrons. The van der Waals surface area contributed by atoms with Crippen LogP contribution in [0.25, 0.3) is 6.08 Å². The molecule has 5 heteroatoms. The van der Waals surface area contributed by atoms with Gasteiger partial charge in [-0.15, -0.1) is 0 Å². The summed E-state index contributed by atoms with van der Waals surface area (Å²) >= 11 is 1.59. The molecule has 127 valence electrons. The average molecular weight is 465 g/mol. The molecule has 5 aliphatic rings. The zero-order valence-electron chi connectivity index (χ0n) is 14.8. The Hall–Kier alpha value is -0.470. The zero-order chi connectivity index (χ0) is 16.4. The molecule has 3 heterocycles. The van der Waals surface area contributed by atoms with Gasteiger partial charge in [-0.1, -0.05) is 13.1 Å². The molecule has 0 saturated heterocycles. The van der Waals surface area contributed by atoms with Gasteiger partial charge in [0.25, 0.3) is 0 Å². The quantitative estimate of drug-likeness (QED) is 0.441. The molecule has 0 amide bonds. The molecule has 1 aromatic carbocycles. The third-order valence-electron chi connectivity index (χ3n) is 5.20. The van der Waals surface area contributed by atoms with Gasteiger partial charge in [-0.05, 0) is 35.9 Å². The van der Waals surface area contributed by atoms with E-state index < -0.39 is 8.07 Å². The van der Waals surface area contributed by atoms with Gasteiger partial charge in [-0.25, -0.2) is 0 Å². The van der Waals surface area contributed by atoms with Crippen LogP contribution in [0.2, 0.25) is 13.1 Å². The summed E-state index contributed by atoms with van der Waals surface area (Å²) in [6.45, 7) is 9.20. The summed E-state index contributed by atoms with van der Waals surface area (Å²) in [6, 6.07) is 8.60. The number of allylic oxidation sites excluding steroid dienone is 5. The Labute approximate surface area is 178 Å². The van der Waals surface area contributed by atoms with Crippen LogP contribution in [0, 0.1) is 0 Å². The molecule has 0 saturated carbocycles. The number of benzene rings is 1. The van der Waals surface area contributed by atoms with E-state index in [1.165, 1.54) is 33.7 Å². The Morgan fingerprint density at radius 3 is 2.32 bits per heavy atom. The minimum absolute atomic E-state index is 0. The second-order valence-electron chi connectivity index (χ2n) is 7.13. The Balaban J connectivity index is 0.000000172. The summed E-state index contributed by atoms with van der Waals surface area (Å²) in [5.74, 6) is 0. The first kappa shape index (κ1) is 20.8. The maximum absolute atomic E-state index is 4.62. The van der Waals surface area contributed by atoms with Crippen molar-refractivity contribution in [1.82, 2.24) is 0 Å². The van der Waals surface area contributed by atoms with Gasteiger partial charge in [-0.2, -0.15) is 0 Å².